The Bertz CT molecular complexity index is 883. The molecule has 0 saturated carbocycles. The molecule has 0 bridgehead atoms. The molecule has 2 aromatic carbocycles. The number of aromatic hydroxyl groups is 1. The van der Waals surface area contributed by atoms with Gasteiger partial charge in [0.05, 0.1) is 6.61 Å². The van der Waals surface area contributed by atoms with Gasteiger partial charge in [0.2, 0.25) is 0 Å². The number of benzene rings is 2. The number of hydrogen-bond acceptors (Lipinski definition) is 4. The second-order valence-electron chi connectivity index (χ2n) is 7.15. The van der Waals surface area contributed by atoms with Crippen LogP contribution in [0.1, 0.15) is 18.4 Å². The number of halogens is 7. The topological polar surface area (TPSA) is 69.9 Å². The van der Waals surface area contributed by atoms with Crippen LogP contribution >= 0.6 is 0 Å². The van der Waals surface area contributed by atoms with Gasteiger partial charge in [0.25, 0.3) is 0 Å². The Morgan fingerprint density at radius 2 is 1.47 bits per heavy atom. The molecule has 2 aromatic rings. The fourth-order valence-corrected chi connectivity index (χ4v) is 2.85. The third-order valence-electron chi connectivity index (χ3n) is 4.66. The van der Waals surface area contributed by atoms with Crippen molar-refractivity contribution in [3.8, 4) is 22.6 Å². The van der Waals surface area contributed by atoms with Crippen molar-refractivity contribution in [1.29, 1.82) is 0 Å². The Hall–Kier alpha value is -2.53. The van der Waals surface area contributed by atoms with E-state index in [1.807, 2.05) is 0 Å². The van der Waals surface area contributed by atoms with Crippen LogP contribution in [0.15, 0.2) is 42.5 Å². The number of alkyl halides is 7. The van der Waals surface area contributed by atoms with Crippen molar-refractivity contribution in [1.82, 2.24) is 0 Å². The largest absolute Gasteiger partial charge is 0.508 e. The first-order valence-electron chi connectivity index (χ1n) is 9.45. The summed E-state index contributed by atoms with van der Waals surface area (Å²) in [6.07, 6.45) is -10.4. The van der Waals surface area contributed by atoms with Gasteiger partial charge in [-0.15, -0.1) is 0 Å². The number of hydrogen-bond donors (Lipinski definition) is 3. The molecule has 0 saturated heterocycles. The first-order chi connectivity index (χ1) is 14.8. The highest BCUT2D eigenvalue weighted by Gasteiger charge is 2.72. The lowest BCUT2D eigenvalue weighted by Gasteiger charge is -2.28. The number of ether oxygens (including phenoxy) is 1. The molecule has 0 radical (unpaired) electrons. The zero-order chi connectivity index (χ0) is 24.2. The van der Waals surface area contributed by atoms with Gasteiger partial charge >= 0.3 is 18.0 Å². The molecule has 0 aliphatic heterocycles. The molecule has 1 atom stereocenters. The van der Waals surface area contributed by atoms with Crippen molar-refractivity contribution in [2.24, 2.45) is 0 Å². The van der Waals surface area contributed by atoms with Gasteiger partial charge in [-0.3, -0.25) is 0 Å². The molecule has 0 fully saturated rings. The maximum absolute atomic E-state index is 13.6. The Balaban J connectivity index is 2.24. The maximum atomic E-state index is 13.6. The van der Waals surface area contributed by atoms with Crippen LogP contribution in [0.2, 0.25) is 0 Å². The zero-order valence-electron chi connectivity index (χ0n) is 16.5. The highest BCUT2D eigenvalue weighted by atomic mass is 19.4. The fourth-order valence-electron chi connectivity index (χ4n) is 2.85. The van der Waals surface area contributed by atoms with Crippen LogP contribution in [-0.4, -0.2) is 52.7 Å². The summed E-state index contributed by atoms with van der Waals surface area (Å²) in [5.74, 6) is -11.4. The minimum Gasteiger partial charge on any atom is -0.508 e. The summed E-state index contributed by atoms with van der Waals surface area (Å²) in [6.45, 7) is -0.968. The maximum Gasteiger partial charge on any atom is 0.459 e. The number of phenols is 1. The van der Waals surface area contributed by atoms with Gasteiger partial charge in [0.1, 0.15) is 24.2 Å². The minimum absolute atomic E-state index is 0.000239. The van der Waals surface area contributed by atoms with E-state index >= 15 is 0 Å². The quantitative estimate of drug-likeness (QED) is 0.430. The minimum atomic E-state index is -6.38. The van der Waals surface area contributed by atoms with E-state index in [1.165, 1.54) is 24.3 Å². The molecule has 0 spiro atoms. The number of aryl methyl sites for hydroxylation is 1. The molecule has 0 aliphatic carbocycles. The number of aliphatic hydroxyl groups excluding tert-OH is 2. The lowest BCUT2D eigenvalue weighted by atomic mass is 9.97. The van der Waals surface area contributed by atoms with Crippen LogP contribution < -0.4 is 4.74 Å². The summed E-state index contributed by atoms with van der Waals surface area (Å²) in [5.41, 5.74) is 1.38. The van der Waals surface area contributed by atoms with Crippen LogP contribution in [0.4, 0.5) is 30.7 Å². The predicted molar refractivity (Wildman–Crippen MR) is 101 cm³/mol. The Morgan fingerprint density at radius 1 is 0.875 bits per heavy atom. The standard InChI is InChI=1S/C21H21F7O4/c22-19(23,20(24,25)21(26,27)28)9-1-2-15-10-14(13-3-6-16(30)7-4-13)5-8-18(15)32-12-17(31)11-29/h3-8,10,17,29-31H,1-2,9,11-12H2. The SMILES string of the molecule is OCC(O)COc1ccc(-c2ccc(O)cc2)cc1CCCC(F)(F)C(F)(F)C(F)(F)F. The Morgan fingerprint density at radius 3 is 2.03 bits per heavy atom. The third-order valence-corrected chi connectivity index (χ3v) is 4.66. The van der Waals surface area contributed by atoms with Crippen LogP contribution in [0.3, 0.4) is 0 Å². The summed E-state index contributed by atoms with van der Waals surface area (Å²) in [7, 11) is 0. The van der Waals surface area contributed by atoms with Crippen LogP contribution in [-0.2, 0) is 6.42 Å². The van der Waals surface area contributed by atoms with Crippen molar-refractivity contribution >= 4 is 0 Å². The summed E-state index contributed by atoms with van der Waals surface area (Å²) in [6, 6.07) is 10.4. The first-order valence-corrected chi connectivity index (χ1v) is 9.45. The first kappa shape index (κ1) is 25.7. The lowest BCUT2D eigenvalue weighted by molar-refractivity contribution is -0.355. The molecule has 3 N–H and O–H groups in total. The third kappa shape index (κ3) is 6.04. The van der Waals surface area contributed by atoms with E-state index in [2.05, 4.69) is 0 Å². The fraction of sp³-hybridized carbons (Fsp3) is 0.429. The van der Waals surface area contributed by atoms with Gasteiger partial charge in [-0.1, -0.05) is 18.2 Å². The van der Waals surface area contributed by atoms with E-state index in [4.69, 9.17) is 9.84 Å². The molecule has 2 rings (SSSR count). The lowest BCUT2D eigenvalue weighted by Crippen LogP contribution is -2.51. The van der Waals surface area contributed by atoms with E-state index in [0.29, 0.717) is 11.1 Å². The molecule has 0 aliphatic rings. The highest BCUT2D eigenvalue weighted by Crippen LogP contribution is 2.48. The average Bonchev–Trinajstić information content (AvgIpc) is 2.72. The molecule has 0 aromatic heterocycles. The van der Waals surface area contributed by atoms with Gasteiger partial charge < -0.3 is 20.1 Å². The average molecular weight is 470 g/mol. The van der Waals surface area contributed by atoms with E-state index in [0.717, 1.165) is 0 Å². The van der Waals surface area contributed by atoms with Gasteiger partial charge in [0.15, 0.2) is 0 Å². The monoisotopic (exact) mass is 470 g/mol. The van der Waals surface area contributed by atoms with E-state index in [-0.39, 0.29) is 30.1 Å². The molecular weight excluding hydrogens is 449 g/mol. The Kier molecular flexibility index (Phi) is 8.00. The number of aliphatic hydroxyl groups is 2. The predicted octanol–water partition coefficient (Wildman–Crippen LogP) is 4.95. The second-order valence-corrected chi connectivity index (χ2v) is 7.15. The van der Waals surface area contributed by atoms with E-state index < -0.39 is 43.6 Å². The smallest absolute Gasteiger partial charge is 0.459 e. The summed E-state index contributed by atoms with van der Waals surface area (Å²) in [5, 5.41) is 27.7. The zero-order valence-corrected chi connectivity index (χ0v) is 16.5. The summed E-state index contributed by atoms with van der Waals surface area (Å²) < 4.78 is 95.7. The normalized spacial score (nSPS) is 13.8. The summed E-state index contributed by atoms with van der Waals surface area (Å²) in [4.78, 5) is 0. The van der Waals surface area contributed by atoms with E-state index in [9.17, 15) is 40.9 Å². The summed E-state index contributed by atoms with van der Waals surface area (Å²) >= 11 is 0. The van der Waals surface area contributed by atoms with Crippen molar-refractivity contribution in [2.75, 3.05) is 13.2 Å². The Labute approximate surface area is 178 Å². The molecule has 0 heterocycles. The van der Waals surface area contributed by atoms with Crippen LogP contribution in [0.25, 0.3) is 11.1 Å². The van der Waals surface area contributed by atoms with Crippen molar-refractivity contribution < 1.29 is 50.8 Å². The second kappa shape index (κ2) is 9.95. The molecule has 4 nitrogen and oxygen atoms in total. The van der Waals surface area contributed by atoms with Gasteiger partial charge in [-0.2, -0.15) is 30.7 Å². The van der Waals surface area contributed by atoms with Gasteiger partial charge in [-0.05, 0) is 53.8 Å². The molecule has 11 heteroatoms. The van der Waals surface area contributed by atoms with Crippen LogP contribution in [0.5, 0.6) is 11.5 Å². The van der Waals surface area contributed by atoms with Gasteiger partial charge in [-0.25, -0.2) is 0 Å². The van der Waals surface area contributed by atoms with E-state index in [1.54, 1.807) is 18.2 Å². The molecular formula is C21H21F7O4. The number of rotatable bonds is 10. The van der Waals surface area contributed by atoms with Crippen molar-refractivity contribution in [2.45, 2.75) is 43.4 Å². The molecule has 1 unspecified atom stereocenters. The van der Waals surface area contributed by atoms with Crippen molar-refractivity contribution in [3.05, 3.63) is 48.0 Å². The number of phenolic OH excluding ortho intramolecular Hbond substituents is 1. The molecule has 178 valence electrons. The van der Waals surface area contributed by atoms with Crippen molar-refractivity contribution in [3.63, 3.8) is 0 Å². The molecule has 0 amide bonds. The highest BCUT2D eigenvalue weighted by molar-refractivity contribution is 5.66. The van der Waals surface area contributed by atoms with Gasteiger partial charge in [0, 0.05) is 6.42 Å². The molecule has 32 heavy (non-hydrogen) atoms. The van der Waals surface area contributed by atoms with Crippen LogP contribution in [0, 0.1) is 0 Å².